The van der Waals surface area contributed by atoms with Gasteiger partial charge in [0.25, 0.3) is 0 Å². The standard InChI is InChI=1S/C86H170NO8P/c1-3-5-7-9-11-13-15-17-19-21-23-25-27-29-31-33-35-37-39-40-41-42-43-44-45-47-49-51-53-55-57-59-61-63-65-67-69-71-73-75-77-79-86(89)95-84(83-94-96(90,91)93-81-80-87)82-92-85(88)78-76-74-72-70-68-66-64-62-60-58-56-54-52-50-48-46-38-36-34-32-30-28-26-24-22-20-18-16-14-12-10-8-6-4-2/h21,23,84H,3-20,22,24-83,87H2,1-2H3,(H,90,91)/b23-21-. The molecule has 0 spiro atoms. The summed E-state index contributed by atoms with van der Waals surface area (Å²) in [6.07, 6.45) is 104. The molecule has 0 bridgehead atoms. The van der Waals surface area contributed by atoms with Gasteiger partial charge in [-0.3, -0.25) is 18.6 Å². The number of esters is 2. The van der Waals surface area contributed by atoms with Crippen LogP contribution in [0.15, 0.2) is 12.2 Å². The lowest BCUT2D eigenvalue weighted by Crippen LogP contribution is -2.29. The Balaban J connectivity index is 3.69. The Labute approximate surface area is 600 Å². The van der Waals surface area contributed by atoms with E-state index in [1.54, 1.807) is 0 Å². The third-order valence-corrected chi connectivity index (χ3v) is 21.4. The Morgan fingerprint density at radius 2 is 0.510 bits per heavy atom. The average Bonchev–Trinajstić information content (AvgIpc) is 2.32. The number of nitrogens with two attached hydrogens (primary N) is 1. The molecule has 2 atom stereocenters. The highest BCUT2D eigenvalue weighted by atomic mass is 31.2. The van der Waals surface area contributed by atoms with E-state index in [2.05, 4.69) is 26.0 Å². The van der Waals surface area contributed by atoms with Crippen LogP contribution >= 0.6 is 7.82 Å². The molecule has 0 aliphatic heterocycles. The second-order valence-electron chi connectivity index (χ2n) is 30.1. The highest BCUT2D eigenvalue weighted by Crippen LogP contribution is 2.43. The summed E-state index contributed by atoms with van der Waals surface area (Å²) < 4.78 is 33.3. The number of carbonyl (C=O) groups excluding carboxylic acids is 2. The molecule has 96 heavy (non-hydrogen) atoms. The molecule has 0 aliphatic rings. The van der Waals surface area contributed by atoms with E-state index in [4.69, 9.17) is 24.3 Å². The SMILES string of the molecule is CCCCCCCCCC/C=C\CCCCCCCCCCCCCCCCCCCCCCCCCCCCCCCC(=O)OC(COC(=O)CCCCCCCCCCCCCCCCCCCCCCCCCCCCCCCCCCCC)COP(=O)(O)OCCN. The summed E-state index contributed by atoms with van der Waals surface area (Å²) >= 11 is 0. The van der Waals surface area contributed by atoms with Crippen LogP contribution in [0.5, 0.6) is 0 Å². The van der Waals surface area contributed by atoms with Crippen LogP contribution in [0.4, 0.5) is 0 Å². The van der Waals surface area contributed by atoms with E-state index < -0.39 is 26.5 Å². The van der Waals surface area contributed by atoms with E-state index in [1.807, 2.05) is 0 Å². The van der Waals surface area contributed by atoms with E-state index in [0.29, 0.717) is 12.8 Å². The average molecular weight is 1380 g/mol. The van der Waals surface area contributed by atoms with Gasteiger partial charge in [0.2, 0.25) is 0 Å². The normalized spacial score (nSPS) is 12.8. The summed E-state index contributed by atoms with van der Waals surface area (Å²) in [5.41, 5.74) is 5.42. The van der Waals surface area contributed by atoms with Gasteiger partial charge in [-0.05, 0) is 38.5 Å². The summed E-state index contributed by atoms with van der Waals surface area (Å²) in [5, 5.41) is 0. The van der Waals surface area contributed by atoms with E-state index in [9.17, 15) is 19.0 Å². The van der Waals surface area contributed by atoms with Crippen molar-refractivity contribution in [2.24, 2.45) is 5.73 Å². The van der Waals surface area contributed by atoms with Crippen LogP contribution in [0.3, 0.4) is 0 Å². The molecule has 9 nitrogen and oxygen atoms in total. The molecule has 0 aromatic rings. The predicted octanol–water partition coefficient (Wildman–Crippen LogP) is 29.4. The summed E-state index contributed by atoms with van der Waals surface area (Å²) in [5.74, 6) is -0.794. The Morgan fingerprint density at radius 3 is 0.740 bits per heavy atom. The van der Waals surface area contributed by atoms with Crippen LogP contribution in [0.25, 0.3) is 0 Å². The molecule has 2 unspecified atom stereocenters. The second kappa shape index (κ2) is 82.7. The Hall–Kier alpha value is -1.25. The number of carbonyl (C=O) groups is 2. The molecule has 10 heteroatoms. The molecule has 0 heterocycles. The molecular weight excluding hydrogens is 1210 g/mol. The number of ether oxygens (including phenoxy) is 2. The fourth-order valence-corrected chi connectivity index (χ4v) is 14.7. The van der Waals surface area contributed by atoms with Crippen molar-refractivity contribution >= 4 is 19.8 Å². The van der Waals surface area contributed by atoms with Gasteiger partial charge in [-0.25, -0.2) is 4.57 Å². The fourth-order valence-electron chi connectivity index (χ4n) is 13.9. The van der Waals surface area contributed by atoms with E-state index in [-0.39, 0.29) is 32.1 Å². The Morgan fingerprint density at radius 1 is 0.302 bits per heavy atom. The molecule has 0 aliphatic carbocycles. The van der Waals surface area contributed by atoms with Gasteiger partial charge in [0.05, 0.1) is 13.2 Å². The van der Waals surface area contributed by atoms with Gasteiger partial charge in [0.15, 0.2) is 6.10 Å². The van der Waals surface area contributed by atoms with E-state index >= 15 is 0 Å². The van der Waals surface area contributed by atoms with Crippen molar-refractivity contribution in [2.45, 2.75) is 502 Å². The van der Waals surface area contributed by atoms with Crippen molar-refractivity contribution in [1.82, 2.24) is 0 Å². The van der Waals surface area contributed by atoms with Gasteiger partial charge in [0.1, 0.15) is 6.61 Å². The molecule has 0 saturated heterocycles. The van der Waals surface area contributed by atoms with Crippen molar-refractivity contribution in [3.63, 3.8) is 0 Å². The maximum absolute atomic E-state index is 12.8. The third kappa shape index (κ3) is 81.7. The number of unbranched alkanes of at least 4 members (excludes halogenated alkanes) is 70. The first kappa shape index (κ1) is 94.8. The molecule has 0 radical (unpaired) electrons. The smallest absolute Gasteiger partial charge is 0.462 e. The minimum absolute atomic E-state index is 0.0585. The molecule has 572 valence electrons. The van der Waals surface area contributed by atoms with Gasteiger partial charge in [-0.2, -0.15) is 0 Å². The summed E-state index contributed by atoms with van der Waals surface area (Å²) in [4.78, 5) is 35.5. The molecule has 0 rings (SSSR count). The highest BCUT2D eigenvalue weighted by Gasteiger charge is 2.26. The monoisotopic (exact) mass is 1380 g/mol. The van der Waals surface area contributed by atoms with Crippen LogP contribution in [-0.4, -0.2) is 49.3 Å². The zero-order chi connectivity index (χ0) is 69.3. The zero-order valence-corrected chi connectivity index (χ0v) is 65.8. The van der Waals surface area contributed by atoms with Crippen LogP contribution in [0.1, 0.15) is 495 Å². The molecule has 0 aromatic carbocycles. The number of hydrogen-bond donors (Lipinski definition) is 2. The topological polar surface area (TPSA) is 134 Å². The van der Waals surface area contributed by atoms with Crippen LogP contribution < -0.4 is 5.73 Å². The van der Waals surface area contributed by atoms with Crippen LogP contribution in [0.2, 0.25) is 0 Å². The summed E-state index contributed by atoms with van der Waals surface area (Å²) in [6, 6.07) is 0. The van der Waals surface area contributed by atoms with Crippen molar-refractivity contribution in [2.75, 3.05) is 26.4 Å². The minimum atomic E-state index is -4.39. The fraction of sp³-hybridized carbons (Fsp3) is 0.953. The number of hydrogen-bond acceptors (Lipinski definition) is 8. The first-order valence-corrected chi connectivity index (χ1v) is 45.2. The minimum Gasteiger partial charge on any atom is -0.462 e. The number of phosphoric ester groups is 1. The lowest BCUT2D eigenvalue weighted by molar-refractivity contribution is -0.161. The maximum atomic E-state index is 12.8. The van der Waals surface area contributed by atoms with Crippen LogP contribution in [0, 0.1) is 0 Å². The Bertz CT molecular complexity index is 1580. The van der Waals surface area contributed by atoms with Gasteiger partial charge in [0, 0.05) is 19.4 Å². The molecular formula is C86H170NO8P. The summed E-state index contributed by atoms with van der Waals surface area (Å²) in [6.45, 7) is 3.86. The van der Waals surface area contributed by atoms with Crippen molar-refractivity contribution in [3.05, 3.63) is 12.2 Å². The van der Waals surface area contributed by atoms with Gasteiger partial charge >= 0.3 is 19.8 Å². The predicted molar refractivity (Wildman–Crippen MR) is 418 cm³/mol. The zero-order valence-electron chi connectivity index (χ0n) is 64.9. The number of rotatable bonds is 85. The lowest BCUT2D eigenvalue weighted by Gasteiger charge is -2.19. The quantitative estimate of drug-likeness (QED) is 0.0264. The Kier molecular flexibility index (Phi) is 81.6. The van der Waals surface area contributed by atoms with Crippen molar-refractivity contribution in [3.8, 4) is 0 Å². The third-order valence-electron chi connectivity index (χ3n) is 20.4. The van der Waals surface area contributed by atoms with Crippen molar-refractivity contribution in [1.29, 1.82) is 0 Å². The maximum Gasteiger partial charge on any atom is 0.472 e. The molecule has 0 saturated carbocycles. The van der Waals surface area contributed by atoms with Gasteiger partial charge in [-0.15, -0.1) is 0 Å². The van der Waals surface area contributed by atoms with E-state index in [1.165, 1.54) is 430 Å². The van der Waals surface area contributed by atoms with Gasteiger partial charge in [-0.1, -0.05) is 456 Å². The number of phosphoric acid groups is 1. The largest absolute Gasteiger partial charge is 0.472 e. The van der Waals surface area contributed by atoms with Gasteiger partial charge < -0.3 is 20.1 Å². The first-order valence-electron chi connectivity index (χ1n) is 43.7. The van der Waals surface area contributed by atoms with Crippen molar-refractivity contribution < 1.29 is 37.6 Å². The van der Waals surface area contributed by atoms with Crippen LogP contribution in [-0.2, 0) is 32.7 Å². The summed E-state index contributed by atoms with van der Waals surface area (Å²) in [7, 11) is -4.39. The first-order chi connectivity index (χ1) is 47.3. The number of allylic oxidation sites excluding steroid dienone is 2. The second-order valence-corrected chi connectivity index (χ2v) is 31.6. The molecule has 0 aromatic heterocycles. The lowest BCUT2D eigenvalue weighted by atomic mass is 10.0. The molecule has 3 N–H and O–H groups in total. The molecule has 0 fully saturated rings. The van der Waals surface area contributed by atoms with E-state index in [0.717, 1.165) is 32.1 Å². The molecule has 0 amide bonds. The highest BCUT2D eigenvalue weighted by molar-refractivity contribution is 7.47.